The molecular weight excluding hydrogens is 576 g/mol. The first kappa shape index (κ1) is 31.7. The number of nitrogens with one attached hydrogen (secondary N) is 1. The summed E-state index contributed by atoms with van der Waals surface area (Å²) in [5, 5.41) is 14.2. The van der Waals surface area contributed by atoms with Gasteiger partial charge in [0.25, 0.3) is 0 Å². The summed E-state index contributed by atoms with van der Waals surface area (Å²) < 4.78 is 74.3. The smallest absolute Gasteiger partial charge is 0.416 e. The minimum Gasteiger partial charge on any atom is -0.478 e. The number of halogens is 6. The Morgan fingerprint density at radius 3 is 2.09 bits per heavy atom. The van der Waals surface area contributed by atoms with Crippen molar-refractivity contribution in [2.24, 2.45) is 0 Å². The van der Waals surface area contributed by atoms with Crippen molar-refractivity contribution in [2.75, 3.05) is 45.2 Å². The summed E-state index contributed by atoms with van der Waals surface area (Å²) >= 11 is 0. The Morgan fingerprint density at radius 1 is 0.907 bits per heavy atom. The minimum atomic E-state index is -4.79. The number of anilines is 1. The minimum absolute atomic E-state index is 0.0605. The van der Waals surface area contributed by atoms with Gasteiger partial charge in [0.1, 0.15) is 5.56 Å². The van der Waals surface area contributed by atoms with Crippen molar-refractivity contribution >= 4 is 22.7 Å². The molecule has 1 aliphatic rings. The van der Waals surface area contributed by atoms with Crippen LogP contribution in [-0.2, 0) is 18.9 Å². The molecule has 0 saturated carbocycles. The highest BCUT2D eigenvalue weighted by molar-refractivity contribution is 6.02. The molecule has 0 atom stereocenters. The molecule has 43 heavy (non-hydrogen) atoms. The Balaban J connectivity index is 0.000000217. The number of carbonyl (C=O) groups is 1. The predicted octanol–water partition coefficient (Wildman–Crippen LogP) is 6.19. The number of likely N-dealkylation sites (N-methyl/N-ethyl adjacent to an activating group) is 1. The largest absolute Gasteiger partial charge is 0.478 e. The van der Waals surface area contributed by atoms with Gasteiger partial charge in [0.05, 0.1) is 16.8 Å². The number of hydrogen-bond acceptors (Lipinski definition) is 6. The van der Waals surface area contributed by atoms with E-state index in [9.17, 15) is 36.2 Å². The van der Waals surface area contributed by atoms with E-state index in [1.165, 1.54) is 13.2 Å². The van der Waals surface area contributed by atoms with Crippen LogP contribution in [0.3, 0.4) is 0 Å². The van der Waals surface area contributed by atoms with Crippen LogP contribution in [0.5, 0.6) is 0 Å². The van der Waals surface area contributed by atoms with Crippen LogP contribution in [0.1, 0.15) is 27.0 Å². The average molecular weight is 606 g/mol. The maximum Gasteiger partial charge on any atom is 0.416 e. The number of aromatic nitrogens is 2. The molecule has 0 bridgehead atoms. The van der Waals surface area contributed by atoms with Crippen molar-refractivity contribution in [3.05, 3.63) is 89.1 Å². The number of rotatable bonds is 5. The van der Waals surface area contributed by atoms with Gasteiger partial charge < -0.3 is 20.2 Å². The van der Waals surface area contributed by atoms with Crippen LogP contribution in [0.2, 0.25) is 0 Å². The van der Waals surface area contributed by atoms with Crippen molar-refractivity contribution in [3.8, 4) is 11.3 Å². The lowest BCUT2D eigenvalue weighted by Gasteiger charge is -2.32. The van der Waals surface area contributed by atoms with Gasteiger partial charge in [0.2, 0.25) is 5.95 Å². The zero-order valence-electron chi connectivity index (χ0n) is 23.3. The molecule has 0 unspecified atom stereocenters. The molecule has 5 rings (SSSR count). The quantitative estimate of drug-likeness (QED) is 0.263. The second kappa shape index (κ2) is 13.0. The van der Waals surface area contributed by atoms with Crippen molar-refractivity contribution in [2.45, 2.75) is 18.9 Å². The van der Waals surface area contributed by atoms with Crippen LogP contribution < -0.4 is 10.2 Å². The van der Waals surface area contributed by atoms with Crippen LogP contribution in [0, 0.1) is 0 Å². The molecule has 1 aromatic heterocycles. The maximum atomic E-state index is 12.4. The highest BCUT2D eigenvalue weighted by atomic mass is 19.4. The van der Waals surface area contributed by atoms with Crippen molar-refractivity contribution in [1.29, 1.82) is 0 Å². The monoisotopic (exact) mass is 605 g/mol. The van der Waals surface area contributed by atoms with E-state index in [0.717, 1.165) is 42.5 Å². The molecule has 228 valence electrons. The first-order valence-corrected chi connectivity index (χ1v) is 13.2. The summed E-state index contributed by atoms with van der Waals surface area (Å²) in [6.07, 6.45) is -8.15. The molecule has 2 heterocycles. The third-order valence-electron chi connectivity index (χ3n) is 6.87. The van der Waals surface area contributed by atoms with Gasteiger partial charge in [-0.2, -0.15) is 26.3 Å². The van der Waals surface area contributed by atoms with Crippen LogP contribution >= 0.6 is 0 Å². The Bertz CT molecular complexity index is 1550. The molecule has 1 aliphatic heterocycles. The normalized spacial score (nSPS) is 14.4. The van der Waals surface area contributed by atoms with Gasteiger partial charge in [-0.25, -0.2) is 14.8 Å². The Kier molecular flexibility index (Phi) is 9.55. The zero-order chi connectivity index (χ0) is 31.4. The van der Waals surface area contributed by atoms with E-state index in [-0.39, 0.29) is 23.7 Å². The summed E-state index contributed by atoms with van der Waals surface area (Å²) in [7, 11) is 3.53. The lowest BCUT2D eigenvalue weighted by molar-refractivity contribution is -0.143. The predicted molar refractivity (Wildman–Crippen MR) is 151 cm³/mol. The van der Waals surface area contributed by atoms with E-state index in [4.69, 9.17) is 0 Å². The van der Waals surface area contributed by atoms with E-state index in [0.29, 0.717) is 23.8 Å². The first-order chi connectivity index (χ1) is 20.3. The Hall–Kier alpha value is -4.23. The fourth-order valence-electron chi connectivity index (χ4n) is 4.65. The molecule has 2 N–H and O–H groups in total. The molecular formula is C30H29F6N5O2. The lowest BCUT2D eigenvalue weighted by Crippen LogP contribution is -2.45. The molecule has 3 aromatic carbocycles. The molecule has 1 fully saturated rings. The summed E-state index contributed by atoms with van der Waals surface area (Å²) in [5.74, 6) is -0.427. The molecule has 0 aliphatic carbocycles. The molecule has 0 spiro atoms. The molecule has 0 amide bonds. The molecule has 0 radical (unpaired) electrons. The first-order valence-electron chi connectivity index (χ1n) is 13.2. The fourth-order valence-corrected chi connectivity index (χ4v) is 4.65. The summed E-state index contributed by atoms with van der Waals surface area (Å²) in [5.41, 5.74) is -1.24. The van der Waals surface area contributed by atoms with E-state index >= 15 is 0 Å². The lowest BCUT2D eigenvalue weighted by atomic mass is 9.99. The molecule has 4 aromatic rings. The van der Waals surface area contributed by atoms with Crippen LogP contribution in [0.4, 0.5) is 32.3 Å². The van der Waals surface area contributed by atoms with Gasteiger partial charge in [-0.05, 0) is 48.6 Å². The second-order valence-corrected chi connectivity index (χ2v) is 10.00. The average Bonchev–Trinajstić information content (AvgIpc) is 2.96. The number of hydrogen-bond donors (Lipinski definition) is 2. The third kappa shape index (κ3) is 7.79. The topological polar surface area (TPSA) is 81.6 Å². The number of carboxylic acid groups (broad SMARTS) is 1. The van der Waals surface area contributed by atoms with Crippen molar-refractivity contribution in [1.82, 2.24) is 20.2 Å². The number of nitrogens with zero attached hydrogens (tertiary/aromatic N) is 4. The number of alkyl halides is 6. The number of aromatic carboxylic acids is 1. The highest BCUT2D eigenvalue weighted by Gasteiger charge is 2.36. The van der Waals surface area contributed by atoms with Crippen molar-refractivity contribution in [3.63, 3.8) is 0 Å². The highest BCUT2D eigenvalue weighted by Crippen LogP contribution is 2.36. The zero-order valence-corrected chi connectivity index (χ0v) is 23.3. The van der Waals surface area contributed by atoms with E-state index in [1.54, 1.807) is 0 Å². The Labute approximate surface area is 243 Å². The van der Waals surface area contributed by atoms with Gasteiger partial charge in [0.15, 0.2) is 0 Å². The van der Waals surface area contributed by atoms with Gasteiger partial charge >= 0.3 is 18.3 Å². The maximum absolute atomic E-state index is 12.4. The number of fused-ring (bicyclic) bond motifs is 1. The van der Waals surface area contributed by atoms with E-state index in [1.807, 2.05) is 42.5 Å². The SMILES string of the molecule is CN1CCN(c2ncc(C(=O)O)c(-c3cccc4ccccc34)n2)CC1.CNCc1cc(C(F)(F)F)cc(C(F)(F)F)c1. The van der Waals surface area contributed by atoms with Crippen LogP contribution in [0.15, 0.2) is 66.9 Å². The van der Waals surface area contributed by atoms with Crippen LogP contribution in [0.25, 0.3) is 22.0 Å². The van der Waals surface area contributed by atoms with Gasteiger partial charge in [-0.15, -0.1) is 0 Å². The van der Waals surface area contributed by atoms with Crippen molar-refractivity contribution < 1.29 is 36.2 Å². The van der Waals surface area contributed by atoms with E-state index < -0.39 is 29.4 Å². The summed E-state index contributed by atoms with van der Waals surface area (Å²) in [6.45, 7) is 3.48. The number of carboxylic acids is 1. The number of piperazine rings is 1. The summed E-state index contributed by atoms with van der Waals surface area (Å²) in [6, 6.07) is 15.3. The molecule has 7 nitrogen and oxygen atoms in total. The van der Waals surface area contributed by atoms with E-state index in [2.05, 4.69) is 32.1 Å². The summed E-state index contributed by atoms with van der Waals surface area (Å²) in [4.78, 5) is 25.1. The Morgan fingerprint density at radius 2 is 1.51 bits per heavy atom. The van der Waals surface area contributed by atoms with Gasteiger partial charge in [-0.1, -0.05) is 42.5 Å². The standard InChI is InChI=1S/C20H20N4O2.C10H9F6N/c1-23-9-11-24(12-10-23)20-21-13-17(19(25)26)18(22-20)16-8-4-6-14-5-2-3-7-15(14)16;1-17-5-6-2-7(9(11,12)13)4-8(3-6)10(14,15)16/h2-8,13H,9-12H2,1H3,(H,25,26);2-4,17H,5H2,1H3. The fraction of sp³-hybridized carbons (Fsp3) is 0.300. The van der Waals surface area contributed by atoms with Crippen LogP contribution in [-0.4, -0.2) is 66.2 Å². The third-order valence-corrected chi connectivity index (χ3v) is 6.87. The van der Waals surface area contributed by atoms with Gasteiger partial charge in [0, 0.05) is 44.5 Å². The molecule has 1 saturated heterocycles. The van der Waals surface area contributed by atoms with Gasteiger partial charge in [-0.3, -0.25) is 0 Å². The number of benzene rings is 3. The second-order valence-electron chi connectivity index (χ2n) is 10.00. The molecule has 13 heteroatoms.